The summed E-state index contributed by atoms with van der Waals surface area (Å²) in [6.07, 6.45) is 3.69. The van der Waals surface area contributed by atoms with Crippen LogP contribution in [0.3, 0.4) is 0 Å². The number of carboxylic acids is 1. The number of hydrogen-bond donors (Lipinski definition) is 2. The average molecular weight is 394 g/mol. The molecule has 6 nitrogen and oxygen atoms in total. The van der Waals surface area contributed by atoms with Crippen LogP contribution in [0.2, 0.25) is 0 Å². The second-order valence-corrected chi connectivity index (χ2v) is 7.81. The first-order chi connectivity index (χ1) is 14.1. The van der Waals surface area contributed by atoms with E-state index in [0.29, 0.717) is 25.3 Å². The van der Waals surface area contributed by atoms with Crippen LogP contribution in [0, 0.1) is 5.92 Å². The monoisotopic (exact) mass is 394 g/mol. The van der Waals surface area contributed by atoms with Crippen molar-refractivity contribution in [3.05, 3.63) is 58.7 Å². The topological polar surface area (TPSA) is 78.9 Å². The van der Waals surface area contributed by atoms with E-state index < -0.39 is 5.97 Å². The molecule has 0 saturated carbocycles. The summed E-state index contributed by atoms with van der Waals surface area (Å²) in [5.74, 6) is 0.106. The SMILES string of the molecule is COc1ccc(C(=O)O)cc1CC1CCN(C(=O)c2cccc3c2NCCC3)C1. The third kappa shape index (κ3) is 3.92. The van der Waals surface area contributed by atoms with Gasteiger partial charge in [0.2, 0.25) is 0 Å². The lowest BCUT2D eigenvalue weighted by molar-refractivity contribution is 0.0696. The van der Waals surface area contributed by atoms with Gasteiger partial charge in [-0.3, -0.25) is 4.79 Å². The summed E-state index contributed by atoms with van der Waals surface area (Å²) in [5.41, 5.74) is 4.10. The quantitative estimate of drug-likeness (QED) is 0.812. The van der Waals surface area contributed by atoms with Crippen molar-refractivity contribution in [2.24, 2.45) is 5.92 Å². The first-order valence-corrected chi connectivity index (χ1v) is 10.1. The zero-order chi connectivity index (χ0) is 20.4. The van der Waals surface area contributed by atoms with Gasteiger partial charge in [-0.15, -0.1) is 0 Å². The van der Waals surface area contributed by atoms with Crippen molar-refractivity contribution in [3.63, 3.8) is 0 Å². The minimum atomic E-state index is -0.946. The Morgan fingerprint density at radius 1 is 1.28 bits per heavy atom. The molecule has 6 heteroatoms. The van der Waals surface area contributed by atoms with Crippen LogP contribution >= 0.6 is 0 Å². The first kappa shape index (κ1) is 19.3. The number of aromatic carboxylic acids is 1. The van der Waals surface area contributed by atoms with Gasteiger partial charge in [0.05, 0.1) is 23.9 Å². The highest BCUT2D eigenvalue weighted by Gasteiger charge is 2.30. The molecule has 29 heavy (non-hydrogen) atoms. The first-order valence-electron chi connectivity index (χ1n) is 10.1. The number of anilines is 1. The summed E-state index contributed by atoms with van der Waals surface area (Å²) < 4.78 is 5.41. The second-order valence-electron chi connectivity index (χ2n) is 7.81. The number of carbonyl (C=O) groups is 2. The van der Waals surface area contributed by atoms with Crippen LogP contribution < -0.4 is 10.1 Å². The fraction of sp³-hybridized carbons (Fsp3) is 0.391. The summed E-state index contributed by atoms with van der Waals surface area (Å²) in [6, 6.07) is 10.9. The number of methoxy groups -OCH3 is 1. The predicted molar refractivity (Wildman–Crippen MR) is 111 cm³/mol. The number of likely N-dealkylation sites (tertiary alicyclic amines) is 1. The molecule has 2 aliphatic rings. The smallest absolute Gasteiger partial charge is 0.335 e. The molecule has 2 heterocycles. The van der Waals surface area contributed by atoms with Crippen LogP contribution in [0.4, 0.5) is 5.69 Å². The van der Waals surface area contributed by atoms with E-state index in [9.17, 15) is 14.7 Å². The lowest BCUT2D eigenvalue weighted by Crippen LogP contribution is -2.30. The molecule has 0 bridgehead atoms. The van der Waals surface area contributed by atoms with Crippen LogP contribution in [0.1, 0.15) is 44.7 Å². The number of carbonyl (C=O) groups excluding carboxylic acids is 1. The maximum absolute atomic E-state index is 13.2. The van der Waals surface area contributed by atoms with Crippen LogP contribution in [-0.4, -0.2) is 48.6 Å². The standard InChI is InChI=1S/C23H26N2O4/c1-29-20-8-7-17(23(27)28)13-18(20)12-15-9-11-25(14-15)22(26)19-6-2-4-16-5-3-10-24-21(16)19/h2,4,6-8,13,15,24H,3,5,9-12,14H2,1H3,(H,27,28). The van der Waals surface area contributed by atoms with E-state index in [2.05, 4.69) is 11.4 Å². The van der Waals surface area contributed by atoms with Gasteiger partial charge in [-0.1, -0.05) is 12.1 Å². The normalized spacial score (nSPS) is 18.1. The van der Waals surface area contributed by atoms with Crippen molar-refractivity contribution >= 4 is 17.6 Å². The van der Waals surface area contributed by atoms with Crippen LogP contribution in [0.5, 0.6) is 5.75 Å². The van der Waals surface area contributed by atoms with Gasteiger partial charge < -0.3 is 20.1 Å². The molecule has 1 atom stereocenters. The van der Waals surface area contributed by atoms with Crippen LogP contribution in [-0.2, 0) is 12.8 Å². The van der Waals surface area contributed by atoms with Gasteiger partial charge in [-0.2, -0.15) is 0 Å². The van der Waals surface area contributed by atoms with E-state index in [1.807, 2.05) is 17.0 Å². The van der Waals surface area contributed by atoms with Crippen molar-refractivity contribution in [2.75, 3.05) is 32.1 Å². The number of amides is 1. The summed E-state index contributed by atoms with van der Waals surface area (Å²) in [7, 11) is 1.59. The van der Waals surface area contributed by atoms with Crippen LogP contribution in [0.25, 0.3) is 0 Å². The van der Waals surface area contributed by atoms with Crippen molar-refractivity contribution in [1.82, 2.24) is 4.90 Å². The van der Waals surface area contributed by atoms with E-state index >= 15 is 0 Å². The Kier molecular flexibility index (Phi) is 5.43. The molecule has 152 valence electrons. The Bertz CT molecular complexity index is 940. The molecule has 2 N–H and O–H groups in total. The highest BCUT2D eigenvalue weighted by Crippen LogP contribution is 2.31. The molecule has 2 aliphatic heterocycles. The van der Waals surface area contributed by atoms with Crippen LogP contribution in [0.15, 0.2) is 36.4 Å². The number of benzene rings is 2. The molecule has 4 rings (SSSR count). The molecule has 1 fully saturated rings. The highest BCUT2D eigenvalue weighted by molar-refractivity contribution is 6.00. The molecule has 0 spiro atoms. The zero-order valence-corrected chi connectivity index (χ0v) is 16.6. The number of fused-ring (bicyclic) bond motifs is 1. The number of nitrogens with one attached hydrogen (secondary N) is 1. The average Bonchev–Trinajstić information content (AvgIpc) is 3.21. The molecule has 0 aromatic heterocycles. The Balaban J connectivity index is 1.48. The number of carboxylic acid groups (broad SMARTS) is 1. The Labute approximate surface area is 170 Å². The maximum atomic E-state index is 13.2. The van der Waals surface area contributed by atoms with Gasteiger partial charge in [0.15, 0.2) is 0 Å². The second kappa shape index (κ2) is 8.15. The fourth-order valence-electron chi connectivity index (χ4n) is 4.42. The molecule has 2 aromatic rings. The molecular weight excluding hydrogens is 368 g/mol. The Morgan fingerprint density at radius 3 is 2.93 bits per heavy atom. The van der Waals surface area contributed by atoms with E-state index in [1.165, 1.54) is 5.56 Å². The third-order valence-corrected chi connectivity index (χ3v) is 5.91. The molecule has 1 saturated heterocycles. The van der Waals surface area contributed by atoms with E-state index in [4.69, 9.17) is 4.74 Å². The summed E-state index contributed by atoms with van der Waals surface area (Å²) in [6.45, 7) is 2.29. The third-order valence-electron chi connectivity index (χ3n) is 5.91. The van der Waals surface area contributed by atoms with Crippen molar-refractivity contribution < 1.29 is 19.4 Å². The van der Waals surface area contributed by atoms with E-state index in [-0.39, 0.29) is 17.4 Å². The Morgan fingerprint density at radius 2 is 2.14 bits per heavy atom. The maximum Gasteiger partial charge on any atom is 0.335 e. The minimum Gasteiger partial charge on any atom is -0.496 e. The summed E-state index contributed by atoms with van der Waals surface area (Å²) in [4.78, 5) is 26.4. The molecule has 0 radical (unpaired) electrons. The fourth-order valence-corrected chi connectivity index (χ4v) is 4.42. The van der Waals surface area contributed by atoms with Crippen molar-refractivity contribution in [3.8, 4) is 5.75 Å². The van der Waals surface area contributed by atoms with Gasteiger partial charge >= 0.3 is 5.97 Å². The van der Waals surface area contributed by atoms with Crippen molar-refractivity contribution in [1.29, 1.82) is 0 Å². The van der Waals surface area contributed by atoms with Gasteiger partial charge in [0, 0.05) is 19.6 Å². The zero-order valence-electron chi connectivity index (χ0n) is 16.6. The number of para-hydroxylation sites is 1. The van der Waals surface area contributed by atoms with Gasteiger partial charge in [0.1, 0.15) is 5.75 Å². The number of nitrogens with zero attached hydrogens (tertiary/aromatic N) is 1. The number of hydrogen-bond acceptors (Lipinski definition) is 4. The predicted octanol–water partition coefficient (Wildman–Crippen LogP) is 3.46. The lowest BCUT2D eigenvalue weighted by atomic mass is 9.96. The minimum absolute atomic E-state index is 0.0741. The number of ether oxygens (including phenoxy) is 1. The molecule has 1 unspecified atom stereocenters. The molecular formula is C23H26N2O4. The van der Waals surface area contributed by atoms with E-state index in [0.717, 1.165) is 42.6 Å². The lowest BCUT2D eigenvalue weighted by Gasteiger charge is -2.24. The van der Waals surface area contributed by atoms with Crippen molar-refractivity contribution in [2.45, 2.75) is 25.7 Å². The number of rotatable bonds is 5. The van der Waals surface area contributed by atoms with Gasteiger partial charge in [-0.25, -0.2) is 4.79 Å². The largest absolute Gasteiger partial charge is 0.496 e. The molecule has 0 aliphatic carbocycles. The Hall–Kier alpha value is -3.02. The van der Waals surface area contributed by atoms with Gasteiger partial charge in [0.25, 0.3) is 5.91 Å². The summed E-state index contributed by atoms with van der Waals surface area (Å²) >= 11 is 0. The molecule has 2 aromatic carbocycles. The van der Waals surface area contributed by atoms with Gasteiger partial charge in [-0.05, 0) is 67.0 Å². The number of aryl methyl sites for hydroxylation is 1. The molecule has 1 amide bonds. The van der Waals surface area contributed by atoms with E-state index in [1.54, 1.807) is 25.3 Å². The summed E-state index contributed by atoms with van der Waals surface area (Å²) in [5, 5.41) is 12.7. The highest BCUT2D eigenvalue weighted by atomic mass is 16.5.